The van der Waals surface area contributed by atoms with E-state index in [4.69, 9.17) is 4.42 Å². The first-order chi connectivity index (χ1) is 27.2. The van der Waals surface area contributed by atoms with Gasteiger partial charge in [0.15, 0.2) is 0 Å². The number of rotatable bonds is 4. The Bertz CT molecular complexity index is 3460. The summed E-state index contributed by atoms with van der Waals surface area (Å²) in [5.74, 6) is 0. The zero-order valence-electron chi connectivity index (χ0n) is 29.4. The fourth-order valence-electron chi connectivity index (χ4n) is 8.51. The van der Waals surface area contributed by atoms with Crippen LogP contribution in [-0.4, -0.2) is 9.13 Å². The predicted molar refractivity (Wildman–Crippen MR) is 223 cm³/mol. The van der Waals surface area contributed by atoms with Gasteiger partial charge in [-0.25, -0.2) is 0 Å². The normalized spacial score (nSPS) is 11.6. The van der Waals surface area contributed by atoms with Crippen LogP contribution in [0.2, 0.25) is 0 Å². The van der Waals surface area contributed by atoms with Crippen molar-refractivity contribution in [3.05, 3.63) is 181 Å². The minimum atomic E-state index is 0.553. The van der Waals surface area contributed by atoms with Crippen molar-refractivity contribution in [2.75, 3.05) is 0 Å². The summed E-state index contributed by atoms with van der Waals surface area (Å²) < 4.78 is 11.3. The molecule has 8 aromatic carbocycles. The maximum absolute atomic E-state index is 10.0. The average molecular weight is 701 g/mol. The number of hydrogen-bond acceptors (Lipinski definition) is 3. The van der Waals surface area contributed by atoms with Gasteiger partial charge in [-0.05, 0) is 113 Å². The Kier molecular flexibility index (Phi) is 6.61. The van der Waals surface area contributed by atoms with E-state index in [1.54, 1.807) is 6.07 Å². The van der Waals surface area contributed by atoms with Crippen LogP contribution in [0, 0.1) is 22.7 Å². The van der Waals surface area contributed by atoms with Gasteiger partial charge < -0.3 is 13.6 Å². The Hall–Kier alpha value is -7.86. The molecule has 0 spiro atoms. The van der Waals surface area contributed by atoms with E-state index in [9.17, 15) is 10.5 Å². The lowest BCUT2D eigenvalue weighted by molar-refractivity contribution is 0.669. The zero-order valence-corrected chi connectivity index (χ0v) is 29.4. The molecule has 0 N–H and O–H groups in total. The summed E-state index contributed by atoms with van der Waals surface area (Å²) in [5, 5.41) is 26.4. The molecule has 0 unspecified atom stereocenters. The van der Waals surface area contributed by atoms with E-state index in [1.165, 1.54) is 27.1 Å². The number of furan rings is 1. The van der Waals surface area contributed by atoms with Gasteiger partial charge in [0, 0.05) is 32.6 Å². The molecule has 11 aromatic rings. The van der Waals surface area contributed by atoms with Crippen molar-refractivity contribution in [3.8, 4) is 45.8 Å². The van der Waals surface area contributed by atoms with Crippen molar-refractivity contribution < 1.29 is 4.42 Å². The lowest BCUT2D eigenvalue weighted by Gasteiger charge is -2.11. The molecule has 0 radical (unpaired) electrons. The largest absolute Gasteiger partial charge is 0.456 e. The summed E-state index contributed by atoms with van der Waals surface area (Å²) in [4.78, 5) is 0. The molecular weight excluding hydrogens is 673 g/mol. The van der Waals surface area contributed by atoms with Crippen LogP contribution in [0.25, 0.3) is 99.2 Å². The molecule has 5 nitrogen and oxygen atoms in total. The van der Waals surface area contributed by atoms with E-state index in [2.05, 4.69) is 143 Å². The Morgan fingerprint density at radius 2 is 1.02 bits per heavy atom. The lowest BCUT2D eigenvalue weighted by atomic mass is 9.95. The van der Waals surface area contributed by atoms with Crippen molar-refractivity contribution >= 4 is 65.6 Å². The minimum Gasteiger partial charge on any atom is -0.456 e. The number of para-hydroxylation sites is 3. The third-order valence-electron chi connectivity index (χ3n) is 10.9. The molecule has 0 aliphatic rings. The van der Waals surface area contributed by atoms with Gasteiger partial charge in [0.05, 0.1) is 56.4 Å². The highest BCUT2D eigenvalue weighted by Gasteiger charge is 2.21. The molecular formula is C50H28N4O. The van der Waals surface area contributed by atoms with Crippen LogP contribution in [0.3, 0.4) is 0 Å². The number of nitrogens with zero attached hydrogens (tertiary/aromatic N) is 4. The monoisotopic (exact) mass is 700 g/mol. The van der Waals surface area contributed by atoms with Crippen LogP contribution in [0.5, 0.6) is 0 Å². The molecule has 0 aliphatic carbocycles. The Morgan fingerprint density at radius 3 is 1.76 bits per heavy atom. The molecule has 0 atom stereocenters. The van der Waals surface area contributed by atoms with E-state index in [0.29, 0.717) is 11.1 Å². The molecule has 3 aromatic heterocycles. The highest BCUT2D eigenvalue weighted by Crippen LogP contribution is 2.43. The number of fused-ring (bicyclic) bond motifs is 9. The van der Waals surface area contributed by atoms with E-state index in [-0.39, 0.29) is 0 Å². The summed E-state index contributed by atoms with van der Waals surface area (Å²) in [7, 11) is 0. The first-order valence-corrected chi connectivity index (χ1v) is 18.2. The quantitative estimate of drug-likeness (QED) is 0.183. The van der Waals surface area contributed by atoms with Crippen LogP contribution in [0.1, 0.15) is 11.1 Å². The van der Waals surface area contributed by atoms with Crippen molar-refractivity contribution in [1.29, 1.82) is 10.5 Å². The summed E-state index contributed by atoms with van der Waals surface area (Å²) in [6, 6.07) is 63.1. The third-order valence-corrected chi connectivity index (χ3v) is 10.9. The molecule has 3 heterocycles. The van der Waals surface area contributed by atoms with Crippen LogP contribution < -0.4 is 0 Å². The van der Waals surface area contributed by atoms with E-state index in [0.717, 1.165) is 72.1 Å². The first-order valence-electron chi connectivity index (χ1n) is 18.2. The zero-order chi connectivity index (χ0) is 36.6. The first kappa shape index (κ1) is 30.7. The van der Waals surface area contributed by atoms with E-state index >= 15 is 0 Å². The van der Waals surface area contributed by atoms with Crippen LogP contribution in [0.4, 0.5) is 0 Å². The summed E-state index contributed by atoms with van der Waals surface area (Å²) >= 11 is 0. The summed E-state index contributed by atoms with van der Waals surface area (Å²) in [6.07, 6.45) is 0. The lowest BCUT2D eigenvalue weighted by Crippen LogP contribution is -1.96. The molecule has 254 valence electrons. The Labute approximate surface area is 315 Å². The highest BCUT2D eigenvalue weighted by molar-refractivity contribution is 6.20. The van der Waals surface area contributed by atoms with Gasteiger partial charge in [-0.15, -0.1) is 0 Å². The van der Waals surface area contributed by atoms with Gasteiger partial charge in [0.1, 0.15) is 11.2 Å². The minimum absolute atomic E-state index is 0.553. The Balaban J connectivity index is 1.18. The summed E-state index contributed by atoms with van der Waals surface area (Å²) in [6.45, 7) is 0. The van der Waals surface area contributed by atoms with Crippen LogP contribution in [0.15, 0.2) is 174 Å². The molecule has 55 heavy (non-hydrogen) atoms. The molecule has 5 heteroatoms. The van der Waals surface area contributed by atoms with Gasteiger partial charge >= 0.3 is 0 Å². The molecule has 0 bridgehead atoms. The number of nitriles is 2. The van der Waals surface area contributed by atoms with E-state index in [1.807, 2.05) is 42.5 Å². The number of benzene rings is 8. The Morgan fingerprint density at radius 1 is 0.382 bits per heavy atom. The predicted octanol–water partition coefficient (Wildman–Crippen LogP) is 12.9. The van der Waals surface area contributed by atoms with E-state index < -0.39 is 0 Å². The smallest absolute Gasteiger partial charge is 0.137 e. The second-order valence-corrected chi connectivity index (χ2v) is 14.0. The average Bonchev–Trinajstić information content (AvgIpc) is 3.90. The summed E-state index contributed by atoms with van der Waals surface area (Å²) in [5.41, 5.74) is 13.1. The van der Waals surface area contributed by atoms with Crippen molar-refractivity contribution in [3.63, 3.8) is 0 Å². The van der Waals surface area contributed by atoms with Gasteiger partial charge in [-0.2, -0.15) is 10.5 Å². The van der Waals surface area contributed by atoms with Crippen molar-refractivity contribution in [2.24, 2.45) is 0 Å². The van der Waals surface area contributed by atoms with Gasteiger partial charge in [-0.3, -0.25) is 0 Å². The number of hydrogen-bond donors (Lipinski definition) is 0. The molecule has 0 amide bonds. The molecule has 11 rings (SSSR count). The fraction of sp³-hybridized carbons (Fsp3) is 0. The van der Waals surface area contributed by atoms with Gasteiger partial charge in [0.25, 0.3) is 0 Å². The molecule has 0 aliphatic heterocycles. The van der Waals surface area contributed by atoms with Crippen molar-refractivity contribution in [1.82, 2.24) is 9.13 Å². The van der Waals surface area contributed by atoms with Gasteiger partial charge in [0.2, 0.25) is 0 Å². The van der Waals surface area contributed by atoms with Crippen molar-refractivity contribution in [2.45, 2.75) is 0 Å². The fourth-order valence-corrected chi connectivity index (χ4v) is 8.51. The third kappa shape index (κ3) is 4.64. The molecule has 0 saturated carbocycles. The topological polar surface area (TPSA) is 70.6 Å². The second kappa shape index (κ2) is 11.8. The van der Waals surface area contributed by atoms with Crippen LogP contribution >= 0.6 is 0 Å². The maximum atomic E-state index is 10.0. The molecule has 0 saturated heterocycles. The standard InChI is InChI=1S/C50H28N4O/c51-29-31-10-8-11-33(22-31)35-23-32(30-52)24-36(25-35)34-20-21-48-42(26-34)50-45(18-9-19-49(50)55-48)54-44-17-7-5-15-39(44)41-27-40-38-14-4-6-16-43(38)53(46(40)28-47(41)54)37-12-2-1-3-13-37/h1-28H. The van der Waals surface area contributed by atoms with Gasteiger partial charge in [-0.1, -0.05) is 78.9 Å². The van der Waals surface area contributed by atoms with Crippen LogP contribution in [-0.2, 0) is 0 Å². The highest BCUT2D eigenvalue weighted by atomic mass is 16.3. The number of aromatic nitrogens is 2. The maximum Gasteiger partial charge on any atom is 0.137 e. The SMILES string of the molecule is N#Cc1cccc(-c2cc(C#N)cc(-c3ccc4oc5cccc(-n6c7ccccc7c7cc8c9ccccc9n(-c9ccccc9)c8cc76)c5c4c3)c2)c1. The molecule has 0 fully saturated rings. The second-order valence-electron chi connectivity index (χ2n) is 14.0.